The Balaban J connectivity index is 0.00000280. The van der Waals surface area contributed by atoms with Gasteiger partial charge in [-0.05, 0) is 25.3 Å². The van der Waals surface area contributed by atoms with Crippen molar-refractivity contribution in [3.63, 3.8) is 0 Å². The zero-order valence-electron chi connectivity index (χ0n) is 16.7. The fourth-order valence-electron chi connectivity index (χ4n) is 3.29. The van der Waals surface area contributed by atoms with E-state index >= 15 is 0 Å². The highest BCUT2D eigenvalue weighted by Crippen LogP contribution is 2.25. The maximum Gasteiger partial charge on any atom is 0.191 e. The highest BCUT2D eigenvalue weighted by molar-refractivity contribution is 14.0. The van der Waals surface area contributed by atoms with Crippen LogP contribution < -0.4 is 10.6 Å². The number of guanidine groups is 1. The predicted molar refractivity (Wildman–Crippen MR) is 130 cm³/mol. The Labute approximate surface area is 192 Å². The standard InChI is InChI=1S/C19H29N5OS2.HI/c1-14-17(27-15(2)23-14)6-7-21-19(20-3)22-13-16(18-5-4-12-26-18)24-8-10-25-11-9-24;/h4-5,12,16H,6-11,13H2,1-3H3,(H2,20,21,22);1H. The average Bonchev–Trinajstić information content (AvgIpc) is 3.31. The van der Waals surface area contributed by atoms with Gasteiger partial charge in [-0.1, -0.05) is 6.07 Å². The van der Waals surface area contributed by atoms with E-state index in [1.54, 1.807) is 11.3 Å². The van der Waals surface area contributed by atoms with Crippen LogP contribution in [0.2, 0.25) is 0 Å². The van der Waals surface area contributed by atoms with Crippen molar-refractivity contribution in [1.82, 2.24) is 20.5 Å². The van der Waals surface area contributed by atoms with E-state index in [0.29, 0.717) is 6.04 Å². The molecule has 0 bridgehead atoms. The molecule has 1 fully saturated rings. The second-order valence-corrected chi connectivity index (χ2v) is 8.82. The molecule has 0 aliphatic carbocycles. The predicted octanol–water partition coefficient (Wildman–Crippen LogP) is 3.22. The molecule has 3 rings (SSSR count). The Hall–Kier alpha value is -0.750. The van der Waals surface area contributed by atoms with Crippen molar-refractivity contribution in [1.29, 1.82) is 0 Å². The molecule has 9 heteroatoms. The molecule has 1 aliphatic rings. The smallest absolute Gasteiger partial charge is 0.191 e. The van der Waals surface area contributed by atoms with Crippen LogP contribution >= 0.6 is 46.7 Å². The van der Waals surface area contributed by atoms with Gasteiger partial charge in [0.05, 0.1) is 30.0 Å². The molecule has 2 N–H and O–H groups in total. The number of thiophene rings is 1. The normalized spacial score (nSPS) is 16.5. The van der Waals surface area contributed by atoms with Gasteiger partial charge in [-0.15, -0.1) is 46.7 Å². The van der Waals surface area contributed by atoms with Crippen LogP contribution in [-0.2, 0) is 11.2 Å². The number of ether oxygens (including phenoxy) is 1. The maximum absolute atomic E-state index is 5.52. The van der Waals surface area contributed by atoms with Gasteiger partial charge in [-0.2, -0.15) is 0 Å². The van der Waals surface area contributed by atoms with E-state index < -0.39 is 0 Å². The molecule has 1 unspecified atom stereocenters. The third-order valence-electron chi connectivity index (χ3n) is 4.69. The summed E-state index contributed by atoms with van der Waals surface area (Å²) < 4.78 is 5.52. The second kappa shape index (κ2) is 12.1. The molecule has 156 valence electrons. The summed E-state index contributed by atoms with van der Waals surface area (Å²) in [6.07, 6.45) is 0.968. The summed E-state index contributed by atoms with van der Waals surface area (Å²) in [6, 6.07) is 4.69. The Kier molecular flexibility index (Phi) is 10.1. The molecule has 0 radical (unpaired) electrons. The third-order valence-corrected chi connectivity index (χ3v) is 6.79. The minimum absolute atomic E-state index is 0. The highest BCUT2D eigenvalue weighted by Gasteiger charge is 2.23. The molecule has 1 atom stereocenters. The van der Waals surface area contributed by atoms with E-state index in [-0.39, 0.29) is 24.0 Å². The number of halogens is 1. The number of nitrogens with one attached hydrogen (secondary N) is 2. The van der Waals surface area contributed by atoms with Crippen LogP contribution in [0.3, 0.4) is 0 Å². The van der Waals surface area contributed by atoms with Crippen molar-refractivity contribution < 1.29 is 4.74 Å². The quantitative estimate of drug-likeness (QED) is 0.324. The minimum atomic E-state index is 0. The zero-order valence-corrected chi connectivity index (χ0v) is 20.7. The number of nitrogens with zero attached hydrogens (tertiary/aromatic N) is 3. The topological polar surface area (TPSA) is 61.8 Å². The zero-order chi connectivity index (χ0) is 19.1. The SMILES string of the molecule is CN=C(NCCc1sc(C)nc1C)NCC(c1cccs1)N1CCOCC1.I. The highest BCUT2D eigenvalue weighted by atomic mass is 127. The lowest BCUT2D eigenvalue weighted by molar-refractivity contribution is 0.0177. The molecule has 3 heterocycles. The monoisotopic (exact) mass is 535 g/mol. The first kappa shape index (κ1) is 23.5. The van der Waals surface area contributed by atoms with Gasteiger partial charge in [0.1, 0.15) is 0 Å². The van der Waals surface area contributed by atoms with Gasteiger partial charge in [-0.25, -0.2) is 4.98 Å². The van der Waals surface area contributed by atoms with Gasteiger partial charge >= 0.3 is 0 Å². The van der Waals surface area contributed by atoms with E-state index in [1.807, 2.05) is 18.4 Å². The summed E-state index contributed by atoms with van der Waals surface area (Å²) in [5, 5.41) is 10.2. The molecule has 6 nitrogen and oxygen atoms in total. The summed E-state index contributed by atoms with van der Waals surface area (Å²) in [5.74, 6) is 0.851. The van der Waals surface area contributed by atoms with Crippen LogP contribution in [0.25, 0.3) is 0 Å². The molecule has 0 amide bonds. The van der Waals surface area contributed by atoms with Crippen LogP contribution in [-0.4, -0.2) is 62.3 Å². The van der Waals surface area contributed by atoms with E-state index in [2.05, 4.69) is 56.9 Å². The Bertz CT molecular complexity index is 729. The summed E-state index contributed by atoms with van der Waals surface area (Å²) in [4.78, 5) is 14.1. The molecule has 0 aromatic carbocycles. The number of rotatable bonds is 7. The Morgan fingerprint density at radius 2 is 2.11 bits per heavy atom. The lowest BCUT2D eigenvalue weighted by Gasteiger charge is -2.34. The van der Waals surface area contributed by atoms with Crippen LogP contribution in [0.1, 0.15) is 26.5 Å². The number of aryl methyl sites for hydroxylation is 2. The molecule has 2 aromatic rings. The van der Waals surface area contributed by atoms with Crippen molar-refractivity contribution in [3.05, 3.63) is 38.0 Å². The van der Waals surface area contributed by atoms with Crippen LogP contribution in [0.5, 0.6) is 0 Å². The van der Waals surface area contributed by atoms with Crippen molar-refractivity contribution in [3.8, 4) is 0 Å². The molecule has 0 spiro atoms. The van der Waals surface area contributed by atoms with E-state index in [9.17, 15) is 0 Å². The summed E-state index contributed by atoms with van der Waals surface area (Å²) in [7, 11) is 1.83. The van der Waals surface area contributed by atoms with Gasteiger partial charge in [0, 0.05) is 49.4 Å². The lowest BCUT2D eigenvalue weighted by atomic mass is 10.2. The molecular formula is C19H30IN5OS2. The maximum atomic E-state index is 5.52. The minimum Gasteiger partial charge on any atom is -0.379 e. The van der Waals surface area contributed by atoms with Crippen molar-refractivity contribution in [2.24, 2.45) is 4.99 Å². The van der Waals surface area contributed by atoms with E-state index in [4.69, 9.17) is 4.74 Å². The first-order valence-corrected chi connectivity index (χ1v) is 11.1. The first-order chi connectivity index (χ1) is 13.2. The van der Waals surface area contributed by atoms with Gasteiger partial charge in [0.15, 0.2) is 5.96 Å². The lowest BCUT2D eigenvalue weighted by Crippen LogP contribution is -2.46. The first-order valence-electron chi connectivity index (χ1n) is 9.40. The molecular weight excluding hydrogens is 505 g/mol. The number of aromatic nitrogens is 1. The molecule has 28 heavy (non-hydrogen) atoms. The number of aliphatic imine (C=N–C) groups is 1. The average molecular weight is 536 g/mol. The summed E-state index contributed by atoms with van der Waals surface area (Å²) in [5.41, 5.74) is 1.15. The molecule has 1 saturated heterocycles. The number of thiazole rings is 1. The number of hydrogen-bond donors (Lipinski definition) is 2. The molecule has 1 aliphatic heterocycles. The van der Waals surface area contributed by atoms with Gasteiger partial charge in [0.2, 0.25) is 0 Å². The fourth-order valence-corrected chi connectivity index (χ4v) is 5.09. The number of hydrogen-bond acceptors (Lipinski definition) is 6. The largest absolute Gasteiger partial charge is 0.379 e. The van der Waals surface area contributed by atoms with Gasteiger partial charge < -0.3 is 15.4 Å². The van der Waals surface area contributed by atoms with Crippen molar-refractivity contribution >= 4 is 52.6 Å². The Morgan fingerprint density at radius 3 is 2.71 bits per heavy atom. The van der Waals surface area contributed by atoms with E-state index in [1.165, 1.54) is 9.75 Å². The van der Waals surface area contributed by atoms with Crippen molar-refractivity contribution in [2.75, 3.05) is 46.4 Å². The number of morpholine rings is 1. The second-order valence-electron chi connectivity index (χ2n) is 6.55. The van der Waals surface area contributed by atoms with Crippen LogP contribution in [0, 0.1) is 13.8 Å². The summed E-state index contributed by atoms with van der Waals surface area (Å²) in [6.45, 7) is 9.39. The van der Waals surface area contributed by atoms with Crippen LogP contribution in [0.15, 0.2) is 22.5 Å². The van der Waals surface area contributed by atoms with E-state index in [0.717, 1.165) is 62.5 Å². The summed E-state index contributed by atoms with van der Waals surface area (Å²) >= 11 is 3.60. The van der Waals surface area contributed by atoms with Crippen LogP contribution in [0.4, 0.5) is 0 Å². The molecule has 2 aromatic heterocycles. The van der Waals surface area contributed by atoms with Gasteiger partial charge in [-0.3, -0.25) is 9.89 Å². The molecule has 0 saturated carbocycles. The Morgan fingerprint density at radius 1 is 1.32 bits per heavy atom. The fraction of sp³-hybridized carbons (Fsp3) is 0.579. The van der Waals surface area contributed by atoms with Gasteiger partial charge in [0.25, 0.3) is 0 Å². The van der Waals surface area contributed by atoms with Crippen molar-refractivity contribution in [2.45, 2.75) is 26.3 Å². The third kappa shape index (κ3) is 6.65.